The Kier molecular flexibility index (Phi) is 6.30. The monoisotopic (exact) mass is 430 g/mol. The van der Waals surface area contributed by atoms with Crippen molar-refractivity contribution < 1.29 is 14.3 Å². The first-order chi connectivity index (χ1) is 13.8. The van der Waals surface area contributed by atoms with Gasteiger partial charge in [-0.15, -0.1) is 6.58 Å². The Bertz CT molecular complexity index is 998. The second kappa shape index (κ2) is 8.72. The van der Waals surface area contributed by atoms with Crippen LogP contribution in [0.25, 0.3) is 5.57 Å². The summed E-state index contributed by atoms with van der Waals surface area (Å²) in [4.78, 5) is 27.0. The average Bonchev–Trinajstić information content (AvgIpc) is 2.88. The molecule has 0 fully saturated rings. The molecule has 5 nitrogen and oxygen atoms in total. The number of rotatable bonds is 7. The number of amides is 2. The largest absolute Gasteiger partial charge is 0.491 e. The number of nitrogens with zero attached hydrogens (tertiary/aromatic N) is 1. The number of nitrogens with one attached hydrogen (secondary N) is 1. The van der Waals surface area contributed by atoms with E-state index in [-0.39, 0.29) is 28.9 Å². The maximum atomic E-state index is 13.0. The van der Waals surface area contributed by atoms with Gasteiger partial charge in [0.25, 0.3) is 11.8 Å². The molecule has 7 heteroatoms. The molecule has 150 valence electrons. The van der Waals surface area contributed by atoms with Crippen LogP contribution in [-0.4, -0.2) is 29.4 Å². The lowest BCUT2D eigenvalue weighted by molar-refractivity contribution is -0.136. The van der Waals surface area contributed by atoms with Crippen LogP contribution >= 0.6 is 23.2 Å². The lowest BCUT2D eigenvalue weighted by Crippen LogP contribution is -2.32. The summed E-state index contributed by atoms with van der Waals surface area (Å²) in [5.74, 6) is -0.178. The van der Waals surface area contributed by atoms with E-state index in [0.717, 1.165) is 4.90 Å². The SMILES string of the molecule is C=CCN1C(=O)C(Nc2ccc(OC(C)C)cc2)=C(c2ccc(Cl)cc2Cl)C1=O. The van der Waals surface area contributed by atoms with Crippen LogP contribution in [0.1, 0.15) is 19.4 Å². The first-order valence-corrected chi connectivity index (χ1v) is 9.78. The second-order valence-electron chi connectivity index (χ2n) is 6.70. The van der Waals surface area contributed by atoms with Crippen molar-refractivity contribution in [2.24, 2.45) is 0 Å². The number of halogens is 2. The van der Waals surface area contributed by atoms with E-state index in [2.05, 4.69) is 11.9 Å². The van der Waals surface area contributed by atoms with Gasteiger partial charge in [0.1, 0.15) is 11.4 Å². The van der Waals surface area contributed by atoms with Gasteiger partial charge in [0, 0.05) is 22.8 Å². The summed E-state index contributed by atoms with van der Waals surface area (Å²) in [6, 6.07) is 11.9. The number of ether oxygens (including phenoxy) is 1. The fourth-order valence-corrected chi connectivity index (χ4v) is 3.47. The first kappa shape index (κ1) is 21.0. The van der Waals surface area contributed by atoms with Gasteiger partial charge in [-0.2, -0.15) is 0 Å². The summed E-state index contributed by atoms with van der Waals surface area (Å²) in [7, 11) is 0. The summed E-state index contributed by atoms with van der Waals surface area (Å²) in [6.45, 7) is 7.60. The molecule has 2 amide bonds. The zero-order chi connectivity index (χ0) is 21.1. The highest BCUT2D eigenvalue weighted by atomic mass is 35.5. The molecule has 1 aliphatic heterocycles. The highest BCUT2D eigenvalue weighted by molar-refractivity contribution is 6.41. The fraction of sp³-hybridized carbons (Fsp3) is 0.182. The molecule has 0 aliphatic carbocycles. The molecule has 0 aromatic heterocycles. The Hall–Kier alpha value is -2.76. The lowest BCUT2D eigenvalue weighted by Gasteiger charge is -2.13. The standard InChI is InChI=1S/C22H20Cl2N2O3/c1-4-11-26-21(27)19(17-10-5-14(23)12-18(17)24)20(22(26)28)25-15-6-8-16(9-7-15)29-13(2)3/h4-10,12-13,25H,1,11H2,2-3H3. The molecule has 0 atom stereocenters. The molecule has 0 unspecified atom stereocenters. The van der Waals surface area contributed by atoms with Crippen LogP contribution < -0.4 is 10.1 Å². The van der Waals surface area contributed by atoms with E-state index in [1.807, 2.05) is 13.8 Å². The van der Waals surface area contributed by atoms with Gasteiger partial charge in [-0.3, -0.25) is 14.5 Å². The first-order valence-electron chi connectivity index (χ1n) is 9.02. The van der Waals surface area contributed by atoms with Crippen LogP contribution in [0.15, 0.2) is 60.8 Å². The Morgan fingerprint density at radius 1 is 1.10 bits per heavy atom. The molecule has 3 rings (SSSR count). The highest BCUT2D eigenvalue weighted by Gasteiger charge is 2.39. The zero-order valence-corrected chi connectivity index (χ0v) is 17.6. The third-order valence-corrected chi connectivity index (χ3v) is 4.72. The minimum absolute atomic E-state index is 0.0525. The van der Waals surface area contributed by atoms with Gasteiger partial charge in [0.05, 0.1) is 16.7 Å². The topological polar surface area (TPSA) is 58.6 Å². The number of anilines is 1. The Balaban J connectivity index is 2.02. The summed E-state index contributed by atoms with van der Waals surface area (Å²) in [6.07, 6.45) is 1.55. The molecule has 0 bridgehead atoms. The molecule has 2 aromatic carbocycles. The molecular formula is C22H20Cl2N2O3. The highest BCUT2D eigenvalue weighted by Crippen LogP contribution is 2.35. The summed E-state index contributed by atoms with van der Waals surface area (Å²) in [5.41, 5.74) is 1.42. The van der Waals surface area contributed by atoms with E-state index in [4.69, 9.17) is 27.9 Å². The predicted molar refractivity (Wildman–Crippen MR) is 116 cm³/mol. The minimum atomic E-state index is -0.446. The van der Waals surface area contributed by atoms with E-state index in [0.29, 0.717) is 22.0 Å². The number of carbonyl (C=O) groups excluding carboxylic acids is 2. The van der Waals surface area contributed by atoms with Gasteiger partial charge >= 0.3 is 0 Å². The van der Waals surface area contributed by atoms with Gasteiger partial charge in [0.15, 0.2) is 0 Å². The predicted octanol–water partition coefficient (Wildman–Crippen LogP) is 5.16. The second-order valence-corrected chi connectivity index (χ2v) is 7.54. The van der Waals surface area contributed by atoms with Crippen LogP contribution in [0.5, 0.6) is 5.75 Å². The van der Waals surface area contributed by atoms with E-state index >= 15 is 0 Å². The van der Waals surface area contributed by atoms with Crippen molar-refractivity contribution in [3.8, 4) is 5.75 Å². The third-order valence-electron chi connectivity index (χ3n) is 4.18. The molecule has 1 N–H and O–H groups in total. The van der Waals surface area contributed by atoms with Gasteiger partial charge in [-0.25, -0.2) is 0 Å². The number of hydrogen-bond donors (Lipinski definition) is 1. The van der Waals surface area contributed by atoms with Crippen LogP contribution in [0, 0.1) is 0 Å². The Morgan fingerprint density at radius 3 is 2.38 bits per heavy atom. The smallest absolute Gasteiger partial charge is 0.278 e. The minimum Gasteiger partial charge on any atom is -0.491 e. The average molecular weight is 431 g/mol. The van der Waals surface area contributed by atoms with E-state index in [1.165, 1.54) is 12.1 Å². The molecule has 1 aliphatic rings. The number of benzene rings is 2. The summed E-state index contributed by atoms with van der Waals surface area (Å²) >= 11 is 12.3. The van der Waals surface area contributed by atoms with Crippen LogP contribution in [0.3, 0.4) is 0 Å². The maximum absolute atomic E-state index is 13.0. The number of imide groups is 1. The molecule has 0 radical (unpaired) electrons. The molecule has 0 saturated heterocycles. The van der Waals surface area contributed by atoms with Crippen molar-refractivity contribution in [1.29, 1.82) is 0 Å². The van der Waals surface area contributed by atoms with Crippen LogP contribution in [-0.2, 0) is 9.59 Å². The van der Waals surface area contributed by atoms with Crippen molar-refractivity contribution >= 4 is 46.3 Å². The van der Waals surface area contributed by atoms with Crippen molar-refractivity contribution in [2.75, 3.05) is 11.9 Å². The van der Waals surface area contributed by atoms with Crippen LogP contribution in [0.4, 0.5) is 5.69 Å². The molecule has 2 aromatic rings. The maximum Gasteiger partial charge on any atom is 0.278 e. The van der Waals surface area contributed by atoms with Gasteiger partial charge in [-0.1, -0.05) is 35.3 Å². The quantitative estimate of drug-likeness (QED) is 0.486. The Labute approximate surface area is 179 Å². The van der Waals surface area contributed by atoms with Gasteiger partial charge in [0.2, 0.25) is 0 Å². The molecule has 0 saturated carbocycles. The van der Waals surface area contributed by atoms with Gasteiger partial charge < -0.3 is 10.1 Å². The summed E-state index contributed by atoms with van der Waals surface area (Å²) in [5, 5.41) is 3.79. The molecule has 29 heavy (non-hydrogen) atoms. The van der Waals surface area contributed by atoms with Gasteiger partial charge in [-0.05, 0) is 50.2 Å². The summed E-state index contributed by atoms with van der Waals surface area (Å²) < 4.78 is 5.63. The molecule has 0 spiro atoms. The van der Waals surface area contributed by atoms with Crippen molar-refractivity contribution in [1.82, 2.24) is 4.90 Å². The molecular weight excluding hydrogens is 411 g/mol. The molecule has 1 heterocycles. The van der Waals surface area contributed by atoms with Crippen molar-refractivity contribution in [3.63, 3.8) is 0 Å². The van der Waals surface area contributed by atoms with E-state index in [1.54, 1.807) is 36.4 Å². The number of carbonyl (C=O) groups is 2. The Morgan fingerprint density at radius 2 is 1.79 bits per heavy atom. The van der Waals surface area contributed by atoms with Crippen molar-refractivity contribution in [3.05, 3.63) is 76.4 Å². The zero-order valence-electron chi connectivity index (χ0n) is 16.0. The lowest BCUT2D eigenvalue weighted by atomic mass is 10.0. The van der Waals surface area contributed by atoms with E-state index in [9.17, 15) is 9.59 Å². The van der Waals surface area contributed by atoms with Crippen LogP contribution in [0.2, 0.25) is 10.0 Å². The normalized spacial score (nSPS) is 14.0. The van der Waals surface area contributed by atoms with Crippen molar-refractivity contribution in [2.45, 2.75) is 20.0 Å². The fourth-order valence-electron chi connectivity index (χ4n) is 2.96. The van der Waals surface area contributed by atoms with E-state index < -0.39 is 11.8 Å². The third kappa shape index (κ3) is 4.47. The number of hydrogen-bond acceptors (Lipinski definition) is 4.